The largest absolute Gasteiger partial charge is 0.465 e. The third-order valence-corrected chi connectivity index (χ3v) is 4.82. The van der Waals surface area contributed by atoms with E-state index in [-0.39, 0.29) is 11.5 Å². The van der Waals surface area contributed by atoms with Crippen LogP contribution in [-0.4, -0.2) is 73.7 Å². The molecular weight excluding hydrogens is 266 g/mol. The SMILES string of the molecule is CCOC(=O)C(C)(CCCN1CCN(C)C(C)(C)C1)NC. The van der Waals surface area contributed by atoms with E-state index in [1.165, 1.54) is 0 Å². The lowest BCUT2D eigenvalue weighted by Crippen LogP contribution is -2.57. The minimum absolute atomic E-state index is 0.147. The Morgan fingerprint density at radius 3 is 2.57 bits per heavy atom. The van der Waals surface area contributed by atoms with Crippen molar-refractivity contribution >= 4 is 5.97 Å². The summed E-state index contributed by atoms with van der Waals surface area (Å²) in [5, 5.41) is 3.12. The van der Waals surface area contributed by atoms with E-state index in [4.69, 9.17) is 4.74 Å². The van der Waals surface area contributed by atoms with E-state index < -0.39 is 5.54 Å². The van der Waals surface area contributed by atoms with Crippen LogP contribution in [0.1, 0.15) is 40.5 Å². The number of esters is 1. The Balaban J connectivity index is 2.43. The summed E-state index contributed by atoms with van der Waals surface area (Å²) < 4.78 is 5.17. The van der Waals surface area contributed by atoms with Gasteiger partial charge < -0.3 is 15.0 Å². The first kappa shape index (κ1) is 18.4. The molecule has 0 radical (unpaired) electrons. The lowest BCUT2D eigenvalue weighted by molar-refractivity contribution is -0.150. The van der Waals surface area contributed by atoms with Gasteiger partial charge in [-0.25, -0.2) is 0 Å². The number of piperazine rings is 1. The molecule has 21 heavy (non-hydrogen) atoms. The Morgan fingerprint density at radius 2 is 2.05 bits per heavy atom. The molecule has 1 atom stereocenters. The van der Waals surface area contributed by atoms with Gasteiger partial charge >= 0.3 is 5.97 Å². The number of ether oxygens (including phenoxy) is 1. The molecule has 1 saturated heterocycles. The molecule has 0 aliphatic carbocycles. The molecule has 1 aliphatic rings. The highest BCUT2D eigenvalue weighted by Crippen LogP contribution is 2.20. The van der Waals surface area contributed by atoms with Gasteiger partial charge in [0.2, 0.25) is 0 Å². The van der Waals surface area contributed by atoms with Crippen molar-refractivity contribution in [1.29, 1.82) is 0 Å². The zero-order valence-corrected chi connectivity index (χ0v) is 14.7. The van der Waals surface area contributed by atoms with Crippen molar-refractivity contribution < 1.29 is 9.53 Å². The second-order valence-corrected chi connectivity index (χ2v) is 6.92. The standard InChI is InChI=1S/C16H33N3O2/c1-7-21-14(20)16(4,17-5)9-8-10-19-12-11-18(6)15(2,3)13-19/h17H,7-13H2,1-6H3. The first-order valence-corrected chi connectivity index (χ1v) is 8.05. The molecule has 0 saturated carbocycles. The summed E-state index contributed by atoms with van der Waals surface area (Å²) in [5.41, 5.74) is -0.343. The summed E-state index contributed by atoms with van der Waals surface area (Å²) in [4.78, 5) is 16.9. The van der Waals surface area contributed by atoms with Gasteiger partial charge in [0.25, 0.3) is 0 Å². The van der Waals surface area contributed by atoms with Crippen molar-refractivity contribution in [1.82, 2.24) is 15.1 Å². The number of nitrogens with zero attached hydrogens (tertiary/aromatic N) is 2. The van der Waals surface area contributed by atoms with Crippen molar-refractivity contribution in [3.63, 3.8) is 0 Å². The summed E-state index contributed by atoms with van der Waals surface area (Å²) in [7, 11) is 4.02. The van der Waals surface area contributed by atoms with E-state index in [0.29, 0.717) is 6.61 Å². The minimum atomic E-state index is -0.571. The van der Waals surface area contributed by atoms with Crippen LogP contribution < -0.4 is 5.32 Å². The molecule has 0 amide bonds. The maximum atomic E-state index is 12.0. The van der Waals surface area contributed by atoms with Gasteiger partial charge in [-0.2, -0.15) is 0 Å². The monoisotopic (exact) mass is 299 g/mol. The molecule has 1 aliphatic heterocycles. The van der Waals surface area contributed by atoms with E-state index in [0.717, 1.165) is 39.0 Å². The molecule has 0 spiro atoms. The summed E-state index contributed by atoms with van der Waals surface area (Å²) >= 11 is 0. The highest BCUT2D eigenvalue weighted by atomic mass is 16.5. The average Bonchev–Trinajstić information content (AvgIpc) is 2.42. The fraction of sp³-hybridized carbons (Fsp3) is 0.938. The van der Waals surface area contributed by atoms with Crippen LogP contribution in [0.25, 0.3) is 0 Å². The van der Waals surface area contributed by atoms with Crippen LogP contribution in [0.2, 0.25) is 0 Å². The Morgan fingerprint density at radius 1 is 1.38 bits per heavy atom. The fourth-order valence-corrected chi connectivity index (χ4v) is 2.81. The molecule has 1 rings (SSSR count). The van der Waals surface area contributed by atoms with Gasteiger partial charge in [-0.3, -0.25) is 9.69 Å². The van der Waals surface area contributed by atoms with Gasteiger partial charge in [0.15, 0.2) is 0 Å². The second-order valence-electron chi connectivity index (χ2n) is 6.92. The maximum absolute atomic E-state index is 12.0. The first-order valence-electron chi connectivity index (χ1n) is 8.05. The third kappa shape index (κ3) is 4.94. The lowest BCUT2D eigenvalue weighted by atomic mass is 9.95. The van der Waals surface area contributed by atoms with Gasteiger partial charge in [-0.05, 0) is 61.2 Å². The number of hydrogen-bond acceptors (Lipinski definition) is 5. The number of hydrogen-bond donors (Lipinski definition) is 1. The summed E-state index contributed by atoms with van der Waals surface area (Å²) in [5.74, 6) is -0.147. The molecule has 0 bridgehead atoms. The molecule has 0 aromatic carbocycles. The molecule has 124 valence electrons. The Bertz CT molecular complexity index is 346. The molecule has 0 aromatic rings. The number of likely N-dealkylation sites (N-methyl/N-ethyl adjacent to an activating group) is 2. The third-order valence-electron chi connectivity index (χ3n) is 4.82. The van der Waals surface area contributed by atoms with Crippen LogP contribution in [0.4, 0.5) is 0 Å². The highest BCUT2D eigenvalue weighted by Gasteiger charge is 2.34. The molecule has 1 fully saturated rings. The maximum Gasteiger partial charge on any atom is 0.326 e. The average molecular weight is 299 g/mol. The van der Waals surface area contributed by atoms with Crippen LogP contribution in [0.15, 0.2) is 0 Å². The predicted molar refractivity (Wildman–Crippen MR) is 86.5 cm³/mol. The topological polar surface area (TPSA) is 44.8 Å². The molecule has 0 aromatic heterocycles. The summed E-state index contributed by atoms with van der Waals surface area (Å²) in [6.07, 6.45) is 1.80. The zero-order valence-electron chi connectivity index (χ0n) is 14.7. The van der Waals surface area contributed by atoms with Gasteiger partial charge in [0, 0.05) is 25.2 Å². The van der Waals surface area contributed by atoms with Crippen LogP contribution in [0.5, 0.6) is 0 Å². The minimum Gasteiger partial charge on any atom is -0.465 e. The normalized spacial score (nSPS) is 22.8. The first-order chi connectivity index (χ1) is 9.75. The van der Waals surface area contributed by atoms with Crippen LogP contribution >= 0.6 is 0 Å². The summed E-state index contributed by atoms with van der Waals surface area (Å²) in [6, 6.07) is 0. The number of carbonyl (C=O) groups excluding carboxylic acids is 1. The quantitative estimate of drug-likeness (QED) is 0.719. The number of rotatable bonds is 7. The van der Waals surface area contributed by atoms with Crippen LogP contribution in [-0.2, 0) is 9.53 Å². The fourth-order valence-electron chi connectivity index (χ4n) is 2.81. The molecule has 5 nitrogen and oxygen atoms in total. The van der Waals surface area contributed by atoms with Gasteiger partial charge in [0.1, 0.15) is 5.54 Å². The van der Waals surface area contributed by atoms with Crippen LogP contribution in [0, 0.1) is 0 Å². The van der Waals surface area contributed by atoms with E-state index in [1.807, 2.05) is 20.9 Å². The Kier molecular flexibility index (Phi) is 6.63. The Hall–Kier alpha value is -0.650. The van der Waals surface area contributed by atoms with Crippen molar-refractivity contribution in [3.8, 4) is 0 Å². The van der Waals surface area contributed by atoms with Gasteiger partial charge in [-0.1, -0.05) is 0 Å². The second kappa shape index (κ2) is 7.56. The molecule has 5 heteroatoms. The van der Waals surface area contributed by atoms with Crippen molar-refractivity contribution in [2.75, 3.05) is 46.9 Å². The van der Waals surface area contributed by atoms with E-state index >= 15 is 0 Å². The smallest absolute Gasteiger partial charge is 0.326 e. The Labute approximate surface area is 130 Å². The predicted octanol–water partition coefficient (Wildman–Crippen LogP) is 1.33. The van der Waals surface area contributed by atoms with Crippen molar-refractivity contribution in [2.45, 2.75) is 51.6 Å². The number of nitrogens with one attached hydrogen (secondary N) is 1. The zero-order chi connectivity index (χ0) is 16.1. The molecule has 1 unspecified atom stereocenters. The highest BCUT2D eigenvalue weighted by molar-refractivity contribution is 5.80. The molecule has 1 heterocycles. The molecular formula is C16H33N3O2. The van der Waals surface area contributed by atoms with Crippen molar-refractivity contribution in [2.24, 2.45) is 0 Å². The van der Waals surface area contributed by atoms with Crippen molar-refractivity contribution in [3.05, 3.63) is 0 Å². The number of carbonyl (C=O) groups is 1. The van der Waals surface area contributed by atoms with Crippen LogP contribution in [0.3, 0.4) is 0 Å². The van der Waals surface area contributed by atoms with E-state index in [2.05, 4.69) is 36.0 Å². The molecule has 1 N–H and O–H groups in total. The summed E-state index contributed by atoms with van der Waals surface area (Å²) in [6.45, 7) is 13.1. The van der Waals surface area contributed by atoms with Gasteiger partial charge in [-0.15, -0.1) is 0 Å². The van der Waals surface area contributed by atoms with E-state index in [9.17, 15) is 4.79 Å². The van der Waals surface area contributed by atoms with E-state index in [1.54, 1.807) is 0 Å². The van der Waals surface area contributed by atoms with Gasteiger partial charge in [0.05, 0.1) is 6.61 Å². The lowest BCUT2D eigenvalue weighted by Gasteiger charge is -2.45.